The first-order valence-electron chi connectivity index (χ1n) is 14.2. The molecule has 1 saturated carbocycles. The van der Waals surface area contributed by atoms with E-state index in [0.29, 0.717) is 74.1 Å². The van der Waals surface area contributed by atoms with Crippen LogP contribution in [0.3, 0.4) is 0 Å². The number of amides is 1. The zero-order valence-corrected chi connectivity index (χ0v) is 23.6. The molecule has 1 aromatic heterocycles. The van der Waals surface area contributed by atoms with Gasteiger partial charge in [0.1, 0.15) is 5.75 Å². The van der Waals surface area contributed by atoms with E-state index in [1.54, 1.807) is 36.5 Å². The van der Waals surface area contributed by atoms with Crippen molar-refractivity contribution < 1.29 is 35.9 Å². The van der Waals surface area contributed by atoms with E-state index in [9.17, 15) is 31.1 Å². The molecular formula is C32H30F6N4O2. The van der Waals surface area contributed by atoms with Crippen LogP contribution in [0.2, 0.25) is 0 Å². The Hall–Kier alpha value is -4.11. The standard InChI is InChI=1S/C32H30F6N4O2/c33-31(34,35)25-13-24(14-26(15-25)32(36,37)38)19-41-29(43)30(16-21-1-2-21)9-11-42(12-10-30)20-23-5-8-28(40-18-23)44-27-6-3-22(17-39)4-7-27/h3-8,13-15,18,21H,1-2,9-12,16,19-20H2,(H,41,43). The number of nitrogens with one attached hydrogen (secondary N) is 1. The second kappa shape index (κ2) is 12.5. The van der Waals surface area contributed by atoms with Crippen LogP contribution in [0.5, 0.6) is 11.6 Å². The molecule has 2 fully saturated rings. The van der Waals surface area contributed by atoms with Crippen molar-refractivity contribution in [2.75, 3.05) is 13.1 Å². The molecule has 2 aliphatic rings. The Balaban J connectivity index is 1.20. The lowest BCUT2D eigenvalue weighted by Gasteiger charge is -2.41. The van der Waals surface area contributed by atoms with Crippen molar-refractivity contribution in [3.8, 4) is 17.7 Å². The number of hydrogen-bond donors (Lipinski definition) is 1. The fourth-order valence-electron chi connectivity index (χ4n) is 5.57. The van der Waals surface area contributed by atoms with Crippen LogP contribution < -0.4 is 10.1 Å². The monoisotopic (exact) mass is 616 g/mol. The summed E-state index contributed by atoms with van der Waals surface area (Å²) < 4.78 is 85.4. The summed E-state index contributed by atoms with van der Waals surface area (Å²) in [6.45, 7) is 1.37. The van der Waals surface area contributed by atoms with Gasteiger partial charge in [-0.2, -0.15) is 31.6 Å². The van der Waals surface area contributed by atoms with E-state index in [2.05, 4.69) is 15.2 Å². The van der Waals surface area contributed by atoms with E-state index < -0.39 is 35.4 Å². The van der Waals surface area contributed by atoms with Crippen molar-refractivity contribution >= 4 is 5.91 Å². The highest BCUT2D eigenvalue weighted by atomic mass is 19.4. The summed E-state index contributed by atoms with van der Waals surface area (Å²) in [5.74, 6) is 1.02. The Kier molecular flexibility index (Phi) is 8.88. The Labute approximate surface area is 250 Å². The summed E-state index contributed by atoms with van der Waals surface area (Å²) in [5, 5.41) is 11.6. The quantitative estimate of drug-likeness (QED) is 0.252. The van der Waals surface area contributed by atoms with Gasteiger partial charge in [-0.05, 0) is 91.9 Å². The number of hydrogen-bond acceptors (Lipinski definition) is 5. The van der Waals surface area contributed by atoms with Crippen molar-refractivity contribution in [1.29, 1.82) is 5.26 Å². The summed E-state index contributed by atoms with van der Waals surface area (Å²) in [6.07, 6.45) is -4.48. The first-order chi connectivity index (χ1) is 20.8. The summed E-state index contributed by atoms with van der Waals surface area (Å²) in [7, 11) is 0. The largest absolute Gasteiger partial charge is 0.439 e. The van der Waals surface area contributed by atoms with Gasteiger partial charge in [0, 0.05) is 25.4 Å². The van der Waals surface area contributed by atoms with Crippen molar-refractivity contribution in [1.82, 2.24) is 15.2 Å². The number of alkyl halides is 6. The van der Waals surface area contributed by atoms with Crippen LogP contribution in [0.1, 0.15) is 59.9 Å². The molecule has 2 aromatic carbocycles. The Morgan fingerprint density at radius 2 is 1.59 bits per heavy atom. The molecule has 1 N–H and O–H groups in total. The highest BCUT2D eigenvalue weighted by molar-refractivity contribution is 5.82. The zero-order valence-electron chi connectivity index (χ0n) is 23.6. The third kappa shape index (κ3) is 7.88. The number of carbonyl (C=O) groups is 1. The Morgan fingerprint density at radius 1 is 0.955 bits per heavy atom. The molecule has 12 heteroatoms. The van der Waals surface area contributed by atoms with Crippen molar-refractivity contribution in [2.24, 2.45) is 11.3 Å². The number of nitrogens with zero attached hydrogens (tertiary/aromatic N) is 3. The lowest BCUT2D eigenvalue weighted by Crippen LogP contribution is -2.48. The molecule has 232 valence electrons. The number of aromatic nitrogens is 1. The van der Waals surface area contributed by atoms with Crippen molar-refractivity contribution in [3.63, 3.8) is 0 Å². The number of pyridine rings is 1. The normalized spacial score (nSPS) is 17.1. The average molecular weight is 617 g/mol. The maximum absolute atomic E-state index is 13.5. The fourth-order valence-corrected chi connectivity index (χ4v) is 5.57. The highest BCUT2D eigenvalue weighted by Crippen LogP contribution is 2.46. The summed E-state index contributed by atoms with van der Waals surface area (Å²) >= 11 is 0. The molecule has 0 bridgehead atoms. The third-order valence-corrected chi connectivity index (χ3v) is 8.18. The lowest BCUT2D eigenvalue weighted by molar-refractivity contribution is -0.143. The molecule has 0 atom stereocenters. The molecule has 0 radical (unpaired) electrons. The van der Waals surface area contributed by atoms with E-state index in [-0.39, 0.29) is 17.5 Å². The summed E-state index contributed by atoms with van der Waals surface area (Å²) in [4.78, 5) is 20.1. The molecule has 1 saturated heterocycles. The summed E-state index contributed by atoms with van der Waals surface area (Å²) in [6, 6.07) is 13.8. The topological polar surface area (TPSA) is 78.2 Å². The number of benzene rings is 2. The van der Waals surface area contributed by atoms with Gasteiger partial charge in [-0.3, -0.25) is 9.69 Å². The molecule has 0 unspecified atom stereocenters. The van der Waals surface area contributed by atoms with Crippen LogP contribution in [-0.4, -0.2) is 28.9 Å². The molecule has 3 aromatic rings. The van der Waals surface area contributed by atoms with Crippen LogP contribution in [0, 0.1) is 22.7 Å². The van der Waals surface area contributed by atoms with E-state index in [4.69, 9.17) is 10.00 Å². The first kappa shape index (κ1) is 31.3. The number of halogens is 6. The second-order valence-electron chi connectivity index (χ2n) is 11.5. The maximum Gasteiger partial charge on any atom is 0.416 e. The van der Waals surface area contributed by atoms with Crippen LogP contribution in [0.25, 0.3) is 0 Å². The number of rotatable bonds is 9. The van der Waals surface area contributed by atoms with Gasteiger partial charge in [0.05, 0.1) is 28.2 Å². The van der Waals surface area contributed by atoms with E-state index in [0.717, 1.165) is 18.4 Å². The van der Waals surface area contributed by atoms with E-state index >= 15 is 0 Å². The minimum Gasteiger partial charge on any atom is -0.439 e. The van der Waals surface area contributed by atoms with Crippen LogP contribution in [0.4, 0.5) is 26.3 Å². The predicted octanol–water partition coefficient (Wildman–Crippen LogP) is 7.48. The maximum atomic E-state index is 13.5. The van der Waals surface area contributed by atoms with E-state index in [1.165, 1.54) is 0 Å². The highest BCUT2D eigenvalue weighted by Gasteiger charge is 2.45. The molecule has 1 aliphatic heterocycles. The molecular weight excluding hydrogens is 586 g/mol. The van der Waals surface area contributed by atoms with Crippen LogP contribution in [-0.2, 0) is 30.2 Å². The van der Waals surface area contributed by atoms with Crippen molar-refractivity contribution in [2.45, 2.75) is 57.5 Å². The van der Waals surface area contributed by atoms with Crippen molar-refractivity contribution in [3.05, 3.63) is 88.6 Å². The summed E-state index contributed by atoms with van der Waals surface area (Å²) in [5.41, 5.74) is -2.32. The van der Waals surface area contributed by atoms with Gasteiger partial charge in [-0.1, -0.05) is 18.9 Å². The Bertz CT molecular complexity index is 1470. The van der Waals surface area contributed by atoms with Gasteiger partial charge in [-0.15, -0.1) is 0 Å². The van der Waals surface area contributed by atoms with Gasteiger partial charge in [-0.25, -0.2) is 4.98 Å². The molecule has 1 aliphatic carbocycles. The smallest absolute Gasteiger partial charge is 0.416 e. The zero-order chi connectivity index (χ0) is 31.5. The fraction of sp³-hybridized carbons (Fsp3) is 0.406. The first-order valence-corrected chi connectivity index (χ1v) is 14.2. The molecule has 44 heavy (non-hydrogen) atoms. The average Bonchev–Trinajstić information content (AvgIpc) is 3.81. The van der Waals surface area contributed by atoms with Gasteiger partial charge in [0.25, 0.3) is 0 Å². The number of carbonyl (C=O) groups excluding carboxylic acids is 1. The molecule has 1 amide bonds. The van der Waals surface area contributed by atoms with E-state index in [1.807, 2.05) is 12.1 Å². The Morgan fingerprint density at radius 3 is 2.11 bits per heavy atom. The van der Waals surface area contributed by atoms with Gasteiger partial charge < -0.3 is 10.1 Å². The number of piperidine rings is 1. The molecule has 2 heterocycles. The minimum absolute atomic E-state index is 0.0844. The number of nitriles is 1. The SMILES string of the molecule is N#Cc1ccc(Oc2ccc(CN3CCC(CC4CC4)(C(=O)NCc4cc(C(F)(F)F)cc(C(F)(F)F)c4)CC3)cn2)cc1. The third-order valence-electron chi connectivity index (χ3n) is 8.18. The molecule has 6 nitrogen and oxygen atoms in total. The predicted molar refractivity (Wildman–Crippen MR) is 148 cm³/mol. The molecule has 0 spiro atoms. The van der Waals surface area contributed by atoms with Gasteiger partial charge in [0.2, 0.25) is 11.8 Å². The number of likely N-dealkylation sites (tertiary alicyclic amines) is 1. The lowest BCUT2D eigenvalue weighted by atomic mass is 9.73. The van der Waals surface area contributed by atoms with Gasteiger partial charge >= 0.3 is 12.4 Å². The van der Waals surface area contributed by atoms with Gasteiger partial charge in [0.15, 0.2) is 0 Å². The minimum atomic E-state index is -4.95. The van der Waals surface area contributed by atoms with Crippen LogP contribution >= 0.6 is 0 Å². The molecule has 5 rings (SSSR count). The van der Waals surface area contributed by atoms with Crippen LogP contribution in [0.15, 0.2) is 60.8 Å². The second-order valence-corrected chi connectivity index (χ2v) is 11.5. The number of ether oxygens (including phenoxy) is 1.